The first-order chi connectivity index (χ1) is 5.67. The number of hydrogen-bond acceptors (Lipinski definition) is 0. The molecule has 0 heterocycles. The molecule has 2 heteroatoms. The van der Waals surface area contributed by atoms with Gasteiger partial charge >= 0.3 is 0 Å². The predicted molar refractivity (Wildman–Crippen MR) is 54.4 cm³/mol. The molecule has 0 aliphatic rings. The maximum Gasteiger partial charge on any atom is 0.143 e. The molecule has 1 rings (SSSR count). The molecule has 0 bridgehead atoms. The van der Waals surface area contributed by atoms with Crippen LogP contribution in [0.25, 0.3) is 0 Å². The van der Waals surface area contributed by atoms with E-state index in [2.05, 4.69) is 6.92 Å². The molecule has 0 spiro atoms. The zero-order valence-electron chi connectivity index (χ0n) is 6.76. The number of rotatable bonds is 3. The third kappa shape index (κ3) is 2.40. The normalized spacial score (nSPS) is 11.6. The average Bonchev–Trinajstić information content (AvgIpc) is 2.06. The summed E-state index contributed by atoms with van der Waals surface area (Å²) in [7, 11) is 0. The van der Waals surface area contributed by atoms with Crippen LogP contribution in [0.3, 0.4) is 0 Å². The molecule has 0 N–H and O–H groups in total. The zero-order valence-corrected chi connectivity index (χ0v) is 8.28. The van der Waals surface area contributed by atoms with Crippen molar-refractivity contribution in [2.75, 3.05) is 0 Å². The lowest BCUT2D eigenvalue weighted by molar-refractivity contribution is 0.747. The molecular weight excluding hydrogens is 191 g/mol. The summed E-state index contributed by atoms with van der Waals surface area (Å²) in [6, 6.07) is 9.65. The summed E-state index contributed by atoms with van der Waals surface area (Å²) in [5, 5.41) is 0. The minimum atomic E-state index is -0.775. The van der Waals surface area contributed by atoms with Gasteiger partial charge in [-0.05, 0) is 12.0 Å². The second-order valence-corrected chi connectivity index (χ2v) is 4.16. The topological polar surface area (TPSA) is 0 Å². The Kier molecular flexibility index (Phi) is 3.42. The monoisotopic (exact) mass is 201 g/mol. The molecule has 0 aliphatic carbocycles. The van der Waals surface area contributed by atoms with Gasteiger partial charge in [0, 0.05) is 0 Å². The van der Waals surface area contributed by atoms with Crippen molar-refractivity contribution >= 4 is 23.2 Å². The predicted octanol–water partition coefficient (Wildman–Crippen LogP) is 3.93. The van der Waals surface area contributed by atoms with E-state index in [1.54, 1.807) is 0 Å². The van der Waals surface area contributed by atoms with Crippen molar-refractivity contribution in [3.8, 4) is 0 Å². The molecule has 0 saturated heterocycles. The van der Waals surface area contributed by atoms with E-state index in [1.807, 2.05) is 30.3 Å². The maximum atomic E-state index is 6.09. The van der Waals surface area contributed by atoms with Crippen LogP contribution in [0, 0.1) is 6.92 Å². The van der Waals surface area contributed by atoms with Crippen LogP contribution in [0.2, 0.25) is 0 Å². The molecule has 0 aliphatic heterocycles. The molecule has 1 aromatic rings. The van der Waals surface area contributed by atoms with E-state index in [1.165, 1.54) is 0 Å². The highest BCUT2D eigenvalue weighted by atomic mass is 35.5. The summed E-state index contributed by atoms with van der Waals surface area (Å²) in [4.78, 5) is 0. The summed E-state index contributed by atoms with van der Waals surface area (Å²) in [5.41, 5.74) is 0.942. The standard InChI is InChI=1S/C10H11Cl2/c1-2-8-10(11,12)9-6-4-3-5-7-9/h3-7H,1-2,8H2. The molecule has 0 atom stereocenters. The maximum absolute atomic E-state index is 6.09. The SMILES string of the molecule is [CH2]CCC(Cl)(Cl)c1ccccc1. The van der Waals surface area contributed by atoms with E-state index < -0.39 is 4.33 Å². The molecule has 0 unspecified atom stereocenters. The van der Waals surface area contributed by atoms with Gasteiger partial charge in [-0.1, -0.05) is 66.9 Å². The van der Waals surface area contributed by atoms with Gasteiger partial charge in [0.05, 0.1) is 0 Å². The van der Waals surface area contributed by atoms with Crippen molar-refractivity contribution < 1.29 is 0 Å². The van der Waals surface area contributed by atoms with Crippen molar-refractivity contribution in [1.29, 1.82) is 0 Å². The number of hydrogen-bond donors (Lipinski definition) is 0. The van der Waals surface area contributed by atoms with Gasteiger partial charge in [-0.15, -0.1) is 0 Å². The van der Waals surface area contributed by atoms with Gasteiger partial charge in [-0.3, -0.25) is 0 Å². The van der Waals surface area contributed by atoms with Gasteiger partial charge in [0.25, 0.3) is 0 Å². The molecule has 65 valence electrons. The lowest BCUT2D eigenvalue weighted by Crippen LogP contribution is -2.08. The molecule has 0 saturated carbocycles. The van der Waals surface area contributed by atoms with Gasteiger partial charge in [0.2, 0.25) is 0 Å². The summed E-state index contributed by atoms with van der Waals surface area (Å²) in [6.07, 6.45) is 1.42. The number of alkyl halides is 2. The molecule has 0 nitrogen and oxygen atoms in total. The summed E-state index contributed by atoms with van der Waals surface area (Å²) < 4.78 is -0.775. The first-order valence-electron chi connectivity index (χ1n) is 3.89. The Labute approximate surface area is 83.5 Å². The minimum absolute atomic E-state index is 0.681. The fourth-order valence-electron chi connectivity index (χ4n) is 1.05. The van der Waals surface area contributed by atoms with Gasteiger partial charge in [-0.25, -0.2) is 0 Å². The van der Waals surface area contributed by atoms with E-state index in [-0.39, 0.29) is 0 Å². The Morgan fingerprint density at radius 2 is 1.75 bits per heavy atom. The molecule has 12 heavy (non-hydrogen) atoms. The minimum Gasteiger partial charge on any atom is -0.0963 e. The Morgan fingerprint density at radius 3 is 2.25 bits per heavy atom. The van der Waals surface area contributed by atoms with Crippen LogP contribution in [0.15, 0.2) is 30.3 Å². The molecule has 0 fully saturated rings. The highest BCUT2D eigenvalue weighted by molar-refractivity contribution is 6.48. The van der Waals surface area contributed by atoms with Gasteiger partial charge in [-0.2, -0.15) is 0 Å². The summed E-state index contributed by atoms with van der Waals surface area (Å²) in [6.45, 7) is 3.73. The summed E-state index contributed by atoms with van der Waals surface area (Å²) >= 11 is 12.2. The van der Waals surface area contributed by atoms with E-state index in [9.17, 15) is 0 Å². The second-order valence-electron chi connectivity index (χ2n) is 2.67. The van der Waals surface area contributed by atoms with Crippen molar-refractivity contribution in [2.45, 2.75) is 17.2 Å². The van der Waals surface area contributed by atoms with E-state index in [0.29, 0.717) is 6.42 Å². The van der Waals surface area contributed by atoms with Crippen LogP contribution >= 0.6 is 23.2 Å². The number of benzene rings is 1. The molecule has 1 radical (unpaired) electrons. The average molecular weight is 202 g/mol. The van der Waals surface area contributed by atoms with Crippen LogP contribution < -0.4 is 0 Å². The highest BCUT2D eigenvalue weighted by Gasteiger charge is 2.24. The zero-order chi connectivity index (χ0) is 9.03. The van der Waals surface area contributed by atoms with Crippen LogP contribution in [0.5, 0.6) is 0 Å². The molecule has 0 aromatic heterocycles. The fraction of sp³-hybridized carbons (Fsp3) is 0.300. The molecule has 0 amide bonds. The largest absolute Gasteiger partial charge is 0.143 e. The van der Waals surface area contributed by atoms with E-state index in [4.69, 9.17) is 23.2 Å². The fourth-order valence-corrected chi connectivity index (χ4v) is 1.57. The number of halogens is 2. The lowest BCUT2D eigenvalue weighted by Gasteiger charge is -2.18. The lowest BCUT2D eigenvalue weighted by atomic mass is 10.1. The van der Waals surface area contributed by atoms with Gasteiger partial charge in [0.15, 0.2) is 0 Å². The Hall–Kier alpha value is -0.200. The first kappa shape index (κ1) is 9.88. The molecular formula is C10H11Cl2. The first-order valence-corrected chi connectivity index (χ1v) is 4.65. The third-order valence-corrected chi connectivity index (χ3v) is 2.50. The van der Waals surface area contributed by atoms with E-state index >= 15 is 0 Å². The third-order valence-electron chi connectivity index (χ3n) is 1.69. The summed E-state index contributed by atoms with van der Waals surface area (Å²) in [5.74, 6) is 0. The second kappa shape index (κ2) is 4.15. The van der Waals surface area contributed by atoms with Crippen LogP contribution in [0.1, 0.15) is 18.4 Å². The Morgan fingerprint density at radius 1 is 1.17 bits per heavy atom. The van der Waals surface area contributed by atoms with Gasteiger partial charge in [0.1, 0.15) is 4.33 Å². The quantitative estimate of drug-likeness (QED) is 0.651. The Balaban J connectivity index is 2.82. The highest BCUT2D eigenvalue weighted by Crippen LogP contribution is 2.37. The van der Waals surface area contributed by atoms with Crippen molar-refractivity contribution in [3.63, 3.8) is 0 Å². The van der Waals surface area contributed by atoms with Crippen LogP contribution in [-0.4, -0.2) is 0 Å². The van der Waals surface area contributed by atoms with E-state index in [0.717, 1.165) is 12.0 Å². The Bertz CT molecular complexity index is 229. The smallest absolute Gasteiger partial charge is 0.0963 e. The van der Waals surface area contributed by atoms with Crippen molar-refractivity contribution in [1.82, 2.24) is 0 Å². The van der Waals surface area contributed by atoms with Gasteiger partial charge < -0.3 is 0 Å². The van der Waals surface area contributed by atoms with Crippen LogP contribution in [-0.2, 0) is 4.33 Å². The van der Waals surface area contributed by atoms with Crippen LogP contribution in [0.4, 0.5) is 0 Å². The van der Waals surface area contributed by atoms with Crippen molar-refractivity contribution in [2.24, 2.45) is 0 Å². The van der Waals surface area contributed by atoms with Crippen molar-refractivity contribution in [3.05, 3.63) is 42.8 Å². The molecule has 1 aromatic carbocycles.